The average molecular weight is 291 g/mol. The second-order valence-electron chi connectivity index (χ2n) is 4.22. The number of ether oxygens (including phenoxy) is 2. The van der Waals surface area contributed by atoms with Gasteiger partial charge in [0.25, 0.3) is 0 Å². The van der Waals surface area contributed by atoms with E-state index in [1.54, 1.807) is 0 Å². The third-order valence-corrected chi connectivity index (χ3v) is 3.89. The number of carbonyl (C=O) groups excluding carboxylic acids is 1. The van der Waals surface area contributed by atoms with E-state index in [9.17, 15) is 4.79 Å². The highest BCUT2D eigenvalue weighted by Gasteiger charge is 2.22. The SMILES string of the molecule is CCOc1ccc(-c2c(C)sc(N)c2C(=O)OC)cc1. The monoisotopic (exact) mass is 291 g/mol. The molecule has 0 saturated heterocycles. The summed E-state index contributed by atoms with van der Waals surface area (Å²) in [6, 6.07) is 7.61. The normalized spacial score (nSPS) is 10.3. The van der Waals surface area contributed by atoms with Crippen molar-refractivity contribution in [2.75, 3.05) is 19.5 Å². The van der Waals surface area contributed by atoms with E-state index < -0.39 is 5.97 Å². The molecule has 106 valence electrons. The van der Waals surface area contributed by atoms with E-state index in [0.717, 1.165) is 21.8 Å². The van der Waals surface area contributed by atoms with Crippen LogP contribution in [0.3, 0.4) is 0 Å². The van der Waals surface area contributed by atoms with Crippen LogP contribution >= 0.6 is 11.3 Å². The number of methoxy groups -OCH3 is 1. The quantitative estimate of drug-likeness (QED) is 0.876. The molecule has 4 nitrogen and oxygen atoms in total. The Bertz CT molecular complexity index is 617. The Balaban J connectivity index is 2.49. The molecule has 0 radical (unpaired) electrons. The molecule has 1 aromatic heterocycles. The molecule has 0 unspecified atom stereocenters. The van der Waals surface area contributed by atoms with Gasteiger partial charge in [0.15, 0.2) is 0 Å². The summed E-state index contributed by atoms with van der Waals surface area (Å²) < 4.78 is 10.2. The molecule has 0 saturated carbocycles. The first kappa shape index (κ1) is 14.4. The zero-order valence-corrected chi connectivity index (χ0v) is 12.5. The van der Waals surface area contributed by atoms with Crippen LogP contribution in [-0.4, -0.2) is 19.7 Å². The first-order chi connectivity index (χ1) is 9.58. The lowest BCUT2D eigenvalue weighted by molar-refractivity contribution is 0.0603. The number of hydrogen-bond donors (Lipinski definition) is 1. The predicted molar refractivity (Wildman–Crippen MR) is 81.4 cm³/mol. The zero-order chi connectivity index (χ0) is 14.7. The van der Waals surface area contributed by atoms with Crippen LogP contribution < -0.4 is 10.5 Å². The Hall–Kier alpha value is -2.01. The number of thiophene rings is 1. The van der Waals surface area contributed by atoms with Crippen LogP contribution in [0.2, 0.25) is 0 Å². The summed E-state index contributed by atoms with van der Waals surface area (Å²) in [5.74, 6) is 0.396. The molecule has 20 heavy (non-hydrogen) atoms. The summed E-state index contributed by atoms with van der Waals surface area (Å²) in [6.07, 6.45) is 0. The van der Waals surface area contributed by atoms with Crippen molar-refractivity contribution in [1.29, 1.82) is 0 Å². The van der Waals surface area contributed by atoms with E-state index in [-0.39, 0.29) is 0 Å². The Morgan fingerprint density at radius 3 is 2.50 bits per heavy atom. The fourth-order valence-corrected chi connectivity index (χ4v) is 3.04. The maximum absolute atomic E-state index is 11.9. The molecule has 0 aliphatic heterocycles. The number of nitrogen functional groups attached to an aromatic ring is 1. The Morgan fingerprint density at radius 1 is 1.30 bits per heavy atom. The number of carbonyl (C=O) groups is 1. The molecule has 5 heteroatoms. The van der Waals surface area contributed by atoms with Gasteiger partial charge in [-0.2, -0.15) is 0 Å². The third-order valence-electron chi connectivity index (χ3n) is 2.96. The van der Waals surface area contributed by atoms with Crippen LogP contribution in [0.5, 0.6) is 5.75 Å². The molecule has 0 amide bonds. The van der Waals surface area contributed by atoms with Crippen molar-refractivity contribution in [3.63, 3.8) is 0 Å². The van der Waals surface area contributed by atoms with Crippen LogP contribution in [0.25, 0.3) is 11.1 Å². The summed E-state index contributed by atoms with van der Waals surface area (Å²) >= 11 is 1.39. The van der Waals surface area contributed by atoms with Crippen LogP contribution in [0.4, 0.5) is 5.00 Å². The van der Waals surface area contributed by atoms with Gasteiger partial charge in [0.05, 0.1) is 13.7 Å². The van der Waals surface area contributed by atoms with Gasteiger partial charge in [-0.3, -0.25) is 0 Å². The molecule has 2 rings (SSSR count). The van der Waals surface area contributed by atoms with Gasteiger partial charge in [0.1, 0.15) is 16.3 Å². The maximum Gasteiger partial charge on any atom is 0.341 e. The fourth-order valence-electron chi connectivity index (χ4n) is 2.10. The minimum Gasteiger partial charge on any atom is -0.494 e. The van der Waals surface area contributed by atoms with E-state index in [1.807, 2.05) is 38.1 Å². The Labute approximate surface area is 122 Å². The lowest BCUT2D eigenvalue weighted by Crippen LogP contribution is -2.04. The Morgan fingerprint density at radius 2 is 1.95 bits per heavy atom. The third kappa shape index (κ3) is 2.63. The largest absolute Gasteiger partial charge is 0.494 e. The van der Waals surface area contributed by atoms with Crippen molar-refractivity contribution in [3.05, 3.63) is 34.7 Å². The number of hydrogen-bond acceptors (Lipinski definition) is 5. The maximum atomic E-state index is 11.9. The van der Waals surface area contributed by atoms with E-state index in [0.29, 0.717) is 17.2 Å². The van der Waals surface area contributed by atoms with Crippen LogP contribution in [0.15, 0.2) is 24.3 Å². The van der Waals surface area contributed by atoms with Gasteiger partial charge >= 0.3 is 5.97 Å². The number of aryl methyl sites for hydroxylation is 1. The highest BCUT2D eigenvalue weighted by atomic mass is 32.1. The second-order valence-corrected chi connectivity index (χ2v) is 5.48. The zero-order valence-electron chi connectivity index (χ0n) is 11.7. The van der Waals surface area contributed by atoms with Crippen LogP contribution in [0.1, 0.15) is 22.2 Å². The molecule has 0 spiro atoms. The molecule has 2 N–H and O–H groups in total. The van der Waals surface area contributed by atoms with Crippen molar-refractivity contribution in [2.24, 2.45) is 0 Å². The van der Waals surface area contributed by atoms with Gasteiger partial charge in [-0.05, 0) is 31.5 Å². The van der Waals surface area contributed by atoms with Gasteiger partial charge in [0, 0.05) is 10.4 Å². The van der Waals surface area contributed by atoms with Gasteiger partial charge in [-0.15, -0.1) is 11.3 Å². The van der Waals surface area contributed by atoms with Gasteiger partial charge < -0.3 is 15.2 Å². The minimum atomic E-state index is -0.407. The summed E-state index contributed by atoms with van der Waals surface area (Å²) in [7, 11) is 1.36. The summed E-state index contributed by atoms with van der Waals surface area (Å²) in [4.78, 5) is 12.9. The molecular formula is C15H17NO3S. The summed E-state index contributed by atoms with van der Waals surface area (Å²) in [5, 5.41) is 0.484. The standard InChI is InChI=1S/C15H17NO3S/c1-4-19-11-7-5-10(6-8-11)12-9(2)20-14(16)13(12)15(17)18-3/h5-8H,4,16H2,1-3H3. The molecule has 1 heterocycles. The van der Waals surface area contributed by atoms with E-state index in [1.165, 1.54) is 18.4 Å². The molecular weight excluding hydrogens is 274 g/mol. The second kappa shape index (κ2) is 5.96. The van der Waals surface area contributed by atoms with Crippen molar-refractivity contribution < 1.29 is 14.3 Å². The Kier molecular flexibility index (Phi) is 4.29. The molecule has 0 bridgehead atoms. The molecule has 0 fully saturated rings. The molecule has 0 aliphatic rings. The van der Waals surface area contributed by atoms with Gasteiger partial charge in [0.2, 0.25) is 0 Å². The molecule has 0 atom stereocenters. The van der Waals surface area contributed by atoms with E-state index in [2.05, 4.69) is 0 Å². The molecule has 0 aliphatic carbocycles. The lowest BCUT2D eigenvalue weighted by atomic mass is 10.0. The molecule has 1 aromatic carbocycles. The number of nitrogens with two attached hydrogens (primary N) is 1. The number of anilines is 1. The van der Waals surface area contributed by atoms with Gasteiger partial charge in [-0.25, -0.2) is 4.79 Å². The van der Waals surface area contributed by atoms with E-state index in [4.69, 9.17) is 15.2 Å². The number of rotatable bonds is 4. The van der Waals surface area contributed by atoms with Crippen LogP contribution in [-0.2, 0) is 4.74 Å². The van der Waals surface area contributed by atoms with Gasteiger partial charge in [-0.1, -0.05) is 12.1 Å². The molecule has 2 aromatic rings. The summed E-state index contributed by atoms with van der Waals surface area (Å²) in [6.45, 7) is 4.50. The van der Waals surface area contributed by atoms with Crippen molar-refractivity contribution in [1.82, 2.24) is 0 Å². The minimum absolute atomic E-state index is 0.407. The smallest absolute Gasteiger partial charge is 0.341 e. The number of benzene rings is 1. The van der Waals surface area contributed by atoms with Crippen molar-refractivity contribution >= 4 is 22.3 Å². The first-order valence-corrected chi connectivity index (χ1v) is 7.10. The lowest BCUT2D eigenvalue weighted by Gasteiger charge is -2.07. The first-order valence-electron chi connectivity index (χ1n) is 6.28. The highest BCUT2D eigenvalue weighted by Crippen LogP contribution is 2.38. The van der Waals surface area contributed by atoms with Crippen molar-refractivity contribution in [2.45, 2.75) is 13.8 Å². The number of esters is 1. The van der Waals surface area contributed by atoms with Crippen LogP contribution in [0, 0.1) is 6.92 Å². The van der Waals surface area contributed by atoms with Crippen molar-refractivity contribution in [3.8, 4) is 16.9 Å². The topological polar surface area (TPSA) is 61.5 Å². The average Bonchev–Trinajstić information content (AvgIpc) is 2.74. The highest BCUT2D eigenvalue weighted by molar-refractivity contribution is 7.16. The fraction of sp³-hybridized carbons (Fsp3) is 0.267. The summed E-state index contributed by atoms with van der Waals surface area (Å²) in [5.41, 5.74) is 8.14. The van der Waals surface area contributed by atoms with E-state index >= 15 is 0 Å². The predicted octanol–water partition coefficient (Wildman–Crippen LogP) is 3.49.